The van der Waals surface area contributed by atoms with Crippen LogP contribution in [0.2, 0.25) is 0 Å². The van der Waals surface area contributed by atoms with Gasteiger partial charge >= 0.3 is 0 Å². The van der Waals surface area contributed by atoms with Crippen LogP contribution >= 0.6 is 12.4 Å². The molecule has 21 heavy (non-hydrogen) atoms. The highest BCUT2D eigenvalue weighted by Crippen LogP contribution is 2.30. The average molecular weight is 313 g/mol. The van der Waals surface area contributed by atoms with Crippen LogP contribution in [0.25, 0.3) is 0 Å². The highest BCUT2D eigenvalue weighted by Gasteiger charge is 2.29. The third kappa shape index (κ3) is 4.20. The van der Waals surface area contributed by atoms with Crippen LogP contribution in [0.3, 0.4) is 0 Å². The van der Waals surface area contributed by atoms with E-state index in [2.05, 4.69) is 15.5 Å². The number of H-pyrrole nitrogens is 1. The van der Waals surface area contributed by atoms with Gasteiger partial charge in [-0.05, 0) is 56.7 Å². The fourth-order valence-electron chi connectivity index (χ4n) is 3.59. The summed E-state index contributed by atoms with van der Waals surface area (Å²) in [5, 5.41) is 10.2. The number of halogens is 1. The summed E-state index contributed by atoms with van der Waals surface area (Å²) in [6.45, 7) is 4.20. The van der Waals surface area contributed by atoms with Crippen molar-refractivity contribution in [3.05, 3.63) is 18.0 Å². The summed E-state index contributed by atoms with van der Waals surface area (Å²) in [5.41, 5.74) is 0.912. The van der Waals surface area contributed by atoms with Gasteiger partial charge in [-0.1, -0.05) is 0 Å². The molecule has 0 aromatic carbocycles. The minimum Gasteiger partial charge on any atom is -0.342 e. The normalized spacial score (nSPS) is 21.0. The number of aromatic nitrogens is 2. The van der Waals surface area contributed by atoms with Crippen molar-refractivity contribution < 1.29 is 4.79 Å². The molecule has 2 saturated heterocycles. The van der Waals surface area contributed by atoms with Crippen LogP contribution in [-0.4, -0.2) is 47.2 Å². The number of hydrogen-bond donors (Lipinski definition) is 2. The molecule has 2 fully saturated rings. The van der Waals surface area contributed by atoms with Gasteiger partial charge in [0, 0.05) is 25.0 Å². The first-order valence-corrected chi connectivity index (χ1v) is 7.79. The van der Waals surface area contributed by atoms with Crippen molar-refractivity contribution in [3.8, 4) is 0 Å². The number of carbonyl (C=O) groups excluding carboxylic acids is 1. The summed E-state index contributed by atoms with van der Waals surface area (Å²) >= 11 is 0. The van der Waals surface area contributed by atoms with Gasteiger partial charge in [0.1, 0.15) is 0 Å². The van der Waals surface area contributed by atoms with Crippen LogP contribution in [-0.2, 0) is 11.2 Å². The lowest BCUT2D eigenvalue weighted by molar-refractivity contribution is -0.132. The van der Waals surface area contributed by atoms with Crippen LogP contribution in [0.15, 0.2) is 12.3 Å². The Kier molecular flexibility index (Phi) is 6.06. The molecule has 0 saturated carbocycles. The van der Waals surface area contributed by atoms with Gasteiger partial charge in [0.2, 0.25) is 5.91 Å². The van der Waals surface area contributed by atoms with Crippen LogP contribution in [0.5, 0.6) is 0 Å². The third-order valence-electron chi connectivity index (χ3n) is 4.84. The van der Waals surface area contributed by atoms with E-state index in [0.717, 1.165) is 30.6 Å². The van der Waals surface area contributed by atoms with Crippen LogP contribution in [0.4, 0.5) is 0 Å². The number of nitrogens with zero attached hydrogens (tertiary/aromatic N) is 2. The summed E-state index contributed by atoms with van der Waals surface area (Å²) in [4.78, 5) is 14.2. The molecule has 1 aromatic rings. The number of rotatable bonds is 3. The van der Waals surface area contributed by atoms with Crippen molar-refractivity contribution in [2.75, 3.05) is 26.2 Å². The number of carbonyl (C=O) groups is 1. The van der Waals surface area contributed by atoms with E-state index in [4.69, 9.17) is 0 Å². The molecule has 0 unspecified atom stereocenters. The zero-order valence-corrected chi connectivity index (χ0v) is 13.2. The zero-order chi connectivity index (χ0) is 13.8. The Morgan fingerprint density at radius 2 is 1.86 bits per heavy atom. The third-order valence-corrected chi connectivity index (χ3v) is 4.84. The smallest absolute Gasteiger partial charge is 0.228 e. The molecule has 1 aromatic heterocycles. The molecule has 6 heteroatoms. The van der Waals surface area contributed by atoms with E-state index in [1.54, 1.807) is 6.20 Å². The maximum absolute atomic E-state index is 12.2. The number of amides is 1. The molecule has 0 radical (unpaired) electrons. The van der Waals surface area contributed by atoms with Gasteiger partial charge in [-0.25, -0.2) is 0 Å². The number of nitrogens with one attached hydrogen (secondary N) is 2. The quantitative estimate of drug-likeness (QED) is 0.891. The second-order valence-electron chi connectivity index (χ2n) is 6.06. The predicted octanol–water partition coefficient (Wildman–Crippen LogP) is 1.61. The van der Waals surface area contributed by atoms with Crippen LogP contribution < -0.4 is 5.32 Å². The lowest BCUT2D eigenvalue weighted by Crippen LogP contribution is -2.42. The van der Waals surface area contributed by atoms with E-state index >= 15 is 0 Å². The summed E-state index contributed by atoms with van der Waals surface area (Å²) < 4.78 is 0. The molecule has 2 aliphatic heterocycles. The lowest BCUT2D eigenvalue weighted by atomic mass is 9.79. The predicted molar refractivity (Wildman–Crippen MR) is 84.4 cm³/mol. The number of aromatic amines is 1. The van der Waals surface area contributed by atoms with Gasteiger partial charge < -0.3 is 10.2 Å². The first kappa shape index (κ1) is 16.3. The summed E-state index contributed by atoms with van der Waals surface area (Å²) in [6, 6.07) is 1.87. The molecular weight excluding hydrogens is 288 g/mol. The topological polar surface area (TPSA) is 61.0 Å². The summed E-state index contributed by atoms with van der Waals surface area (Å²) in [6.07, 6.45) is 7.14. The van der Waals surface area contributed by atoms with Crippen molar-refractivity contribution in [2.45, 2.75) is 32.1 Å². The summed E-state index contributed by atoms with van der Waals surface area (Å²) in [7, 11) is 0. The van der Waals surface area contributed by atoms with E-state index in [1.165, 1.54) is 38.8 Å². The molecule has 0 spiro atoms. The second kappa shape index (κ2) is 7.80. The van der Waals surface area contributed by atoms with Crippen molar-refractivity contribution in [3.63, 3.8) is 0 Å². The minimum atomic E-state index is 0. The maximum atomic E-state index is 12.2. The molecule has 1 amide bonds. The van der Waals surface area contributed by atoms with Crippen molar-refractivity contribution >= 4 is 18.3 Å². The Morgan fingerprint density at radius 1 is 1.19 bits per heavy atom. The molecule has 0 aliphatic carbocycles. The molecule has 3 rings (SSSR count). The van der Waals surface area contributed by atoms with Gasteiger partial charge in [0.15, 0.2) is 0 Å². The fourth-order valence-corrected chi connectivity index (χ4v) is 3.59. The van der Waals surface area contributed by atoms with E-state index in [1.807, 2.05) is 11.0 Å². The molecule has 0 bridgehead atoms. The first-order chi connectivity index (χ1) is 9.83. The molecular formula is C15H25ClN4O. The highest BCUT2D eigenvalue weighted by molar-refractivity contribution is 5.85. The van der Waals surface area contributed by atoms with Gasteiger partial charge in [-0.3, -0.25) is 9.89 Å². The van der Waals surface area contributed by atoms with Gasteiger partial charge in [0.05, 0.1) is 6.42 Å². The Morgan fingerprint density at radius 3 is 2.48 bits per heavy atom. The molecule has 3 heterocycles. The number of piperidine rings is 2. The first-order valence-electron chi connectivity index (χ1n) is 7.79. The molecule has 118 valence electrons. The largest absolute Gasteiger partial charge is 0.342 e. The van der Waals surface area contributed by atoms with E-state index < -0.39 is 0 Å². The Bertz CT molecular complexity index is 423. The Labute approximate surface area is 132 Å². The number of likely N-dealkylation sites (tertiary alicyclic amines) is 1. The maximum Gasteiger partial charge on any atom is 0.228 e. The monoisotopic (exact) mass is 312 g/mol. The zero-order valence-electron chi connectivity index (χ0n) is 12.4. The van der Waals surface area contributed by atoms with Crippen molar-refractivity contribution in [1.29, 1.82) is 0 Å². The molecule has 2 aliphatic rings. The van der Waals surface area contributed by atoms with Gasteiger partial charge in [0.25, 0.3) is 0 Å². The average Bonchev–Trinajstić information content (AvgIpc) is 3.01. The van der Waals surface area contributed by atoms with Crippen molar-refractivity contribution in [2.24, 2.45) is 11.8 Å². The standard InChI is InChI=1S/C15H24N4O.ClH/c20-15(11-14-3-8-17-18-14)19-9-4-13(5-10-19)12-1-6-16-7-2-12;/h3,8,12-13,16H,1-2,4-7,9-11H2,(H,17,18);1H. The van der Waals surface area contributed by atoms with E-state index in [0.29, 0.717) is 6.42 Å². The molecule has 5 nitrogen and oxygen atoms in total. The molecule has 0 atom stereocenters. The van der Waals surface area contributed by atoms with Crippen molar-refractivity contribution in [1.82, 2.24) is 20.4 Å². The fraction of sp³-hybridized carbons (Fsp3) is 0.733. The van der Waals surface area contributed by atoms with E-state index in [9.17, 15) is 4.79 Å². The number of hydrogen-bond acceptors (Lipinski definition) is 3. The molecule has 2 N–H and O–H groups in total. The minimum absolute atomic E-state index is 0. The van der Waals surface area contributed by atoms with Gasteiger partial charge in [-0.2, -0.15) is 5.10 Å². The van der Waals surface area contributed by atoms with Crippen LogP contribution in [0.1, 0.15) is 31.4 Å². The van der Waals surface area contributed by atoms with Crippen LogP contribution in [0, 0.1) is 11.8 Å². The Hall–Kier alpha value is -1.07. The lowest BCUT2D eigenvalue weighted by Gasteiger charge is -2.37. The Balaban J connectivity index is 0.00000161. The van der Waals surface area contributed by atoms with E-state index in [-0.39, 0.29) is 18.3 Å². The second-order valence-corrected chi connectivity index (χ2v) is 6.06. The summed E-state index contributed by atoms with van der Waals surface area (Å²) in [5.74, 6) is 1.94. The highest BCUT2D eigenvalue weighted by atomic mass is 35.5. The van der Waals surface area contributed by atoms with Gasteiger partial charge in [-0.15, -0.1) is 12.4 Å². The SMILES string of the molecule is Cl.O=C(Cc1ccn[nH]1)N1CCC(C2CCNCC2)CC1.